The molecule has 1 aromatic rings. The van der Waals surface area contributed by atoms with Crippen LogP contribution in [0.3, 0.4) is 0 Å². The minimum Gasteiger partial charge on any atom is -0.545 e. The van der Waals surface area contributed by atoms with E-state index >= 15 is 0 Å². The number of carboxylic acids is 2. The van der Waals surface area contributed by atoms with E-state index in [1.807, 2.05) is 13.8 Å². The Kier molecular flexibility index (Phi) is 7.55. The van der Waals surface area contributed by atoms with Crippen LogP contribution < -0.4 is 19.7 Å². The largest absolute Gasteiger partial charge is 0.545 e. The van der Waals surface area contributed by atoms with Crippen LogP contribution in [-0.2, 0) is 0 Å². The monoisotopic (exact) mass is 336 g/mol. The lowest BCUT2D eigenvalue weighted by molar-refractivity contribution is -0.256. The molecule has 0 unspecified atom stereocenters. The average Bonchev–Trinajstić information content (AvgIpc) is 2.51. The van der Waals surface area contributed by atoms with Crippen molar-refractivity contribution in [2.24, 2.45) is 0 Å². The number of ether oxygens (including phenoxy) is 2. The molecule has 0 bridgehead atoms. The Bertz CT molecular complexity index is 553. The van der Waals surface area contributed by atoms with Gasteiger partial charge in [0.15, 0.2) is 0 Å². The van der Waals surface area contributed by atoms with Crippen molar-refractivity contribution >= 4 is 11.9 Å². The second-order valence-electron chi connectivity index (χ2n) is 5.64. The van der Waals surface area contributed by atoms with Crippen LogP contribution in [0.4, 0.5) is 0 Å². The lowest BCUT2D eigenvalue weighted by Gasteiger charge is -2.24. The van der Waals surface area contributed by atoms with Crippen molar-refractivity contribution in [3.05, 3.63) is 22.3 Å². The molecule has 134 valence electrons. The van der Waals surface area contributed by atoms with E-state index in [0.717, 1.165) is 25.7 Å². The summed E-state index contributed by atoms with van der Waals surface area (Å²) in [5.74, 6) is -2.81. The molecular weight excluding hydrogens is 312 g/mol. The number of carbonyl (C=O) groups is 2. The first kappa shape index (κ1) is 19.8. The molecule has 0 aliphatic heterocycles. The number of hydrogen-bond donors (Lipinski definition) is 0. The van der Waals surface area contributed by atoms with E-state index in [4.69, 9.17) is 9.47 Å². The van der Waals surface area contributed by atoms with Gasteiger partial charge in [0.1, 0.15) is 11.5 Å². The molecule has 0 radical (unpaired) electrons. The van der Waals surface area contributed by atoms with E-state index in [1.165, 1.54) is 13.8 Å². The van der Waals surface area contributed by atoms with Crippen LogP contribution in [0, 0.1) is 13.8 Å². The molecule has 1 rings (SSSR count). The zero-order chi connectivity index (χ0) is 18.3. The summed E-state index contributed by atoms with van der Waals surface area (Å²) in [5.41, 5.74) is 0.0324. The Balaban J connectivity index is 3.49. The summed E-state index contributed by atoms with van der Waals surface area (Å²) in [4.78, 5) is 23.2. The molecule has 0 N–H and O–H groups in total. The predicted octanol–water partition coefficient (Wildman–Crippen LogP) is 1.39. The first-order valence-corrected chi connectivity index (χ1v) is 8.22. The molecule has 0 amide bonds. The fourth-order valence-electron chi connectivity index (χ4n) is 2.43. The van der Waals surface area contributed by atoms with Crippen molar-refractivity contribution in [1.82, 2.24) is 0 Å². The topological polar surface area (TPSA) is 98.7 Å². The summed E-state index contributed by atoms with van der Waals surface area (Å²) in [7, 11) is 0. The van der Waals surface area contributed by atoms with Crippen LogP contribution in [0.1, 0.15) is 71.4 Å². The van der Waals surface area contributed by atoms with Crippen LogP contribution in [-0.4, -0.2) is 25.2 Å². The summed E-state index contributed by atoms with van der Waals surface area (Å²) in [6, 6.07) is 0. The van der Waals surface area contributed by atoms with Gasteiger partial charge in [-0.25, -0.2) is 0 Å². The summed E-state index contributed by atoms with van der Waals surface area (Å²) in [5, 5.41) is 23.2. The summed E-state index contributed by atoms with van der Waals surface area (Å²) in [6.45, 7) is 7.51. The van der Waals surface area contributed by atoms with Gasteiger partial charge in [-0.2, -0.15) is 0 Å². The molecule has 6 nitrogen and oxygen atoms in total. The molecule has 24 heavy (non-hydrogen) atoms. The van der Waals surface area contributed by atoms with Gasteiger partial charge < -0.3 is 29.3 Å². The fraction of sp³-hybridized carbons (Fsp3) is 0.556. The normalized spacial score (nSPS) is 10.5. The molecule has 0 spiro atoms. The van der Waals surface area contributed by atoms with Crippen LogP contribution >= 0.6 is 0 Å². The van der Waals surface area contributed by atoms with Crippen molar-refractivity contribution in [2.45, 2.75) is 53.4 Å². The number of rotatable bonds is 10. The van der Waals surface area contributed by atoms with Gasteiger partial charge >= 0.3 is 0 Å². The zero-order valence-electron chi connectivity index (χ0n) is 14.7. The zero-order valence-corrected chi connectivity index (χ0v) is 14.7. The molecule has 6 heteroatoms. The maximum atomic E-state index is 11.6. The highest BCUT2D eigenvalue weighted by molar-refractivity contribution is 5.99. The highest BCUT2D eigenvalue weighted by Crippen LogP contribution is 2.38. The van der Waals surface area contributed by atoms with Gasteiger partial charge in [0, 0.05) is 22.3 Å². The third-order valence-corrected chi connectivity index (χ3v) is 3.78. The Morgan fingerprint density at radius 1 is 0.792 bits per heavy atom. The minimum atomic E-state index is -1.42. The molecule has 0 fully saturated rings. The van der Waals surface area contributed by atoms with Crippen molar-refractivity contribution < 1.29 is 29.3 Å². The van der Waals surface area contributed by atoms with Crippen molar-refractivity contribution in [1.29, 1.82) is 0 Å². The van der Waals surface area contributed by atoms with Crippen molar-refractivity contribution in [3.8, 4) is 11.5 Å². The molecular formula is C18H24O6-2. The van der Waals surface area contributed by atoms with Crippen molar-refractivity contribution in [3.63, 3.8) is 0 Å². The minimum absolute atomic E-state index is 0.0167. The third-order valence-electron chi connectivity index (χ3n) is 3.78. The Morgan fingerprint density at radius 2 is 1.12 bits per heavy atom. The van der Waals surface area contributed by atoms with E-state index in [1.54, 1.807) is 0 Å². The summed E-state index contributed by atoms with van der Waals surface area (Å²) >= 11 is 0. The van der Waals surface area contributed by atoms with Crippen LogP contribution in [0.25, 0.3) is 0 Å². The summed E-state index contributed by atoms with van der Waals surface area (Å²) in [6.07, 6.45) is 3.18. The number of unbranched alkanes of at least 4 members (excludes halogenated alkanes) is 2. The molecule has 0 aromatic heterocycles. The van der Waals surface area contributed by atoms with E-state index in [0.29, 0.717) is 13.2 Å². The molecule has 0 atom stereocenters. The number of benzene rings is 1. The summed E-state index contributed by atoms with van der Waals surface area (Å²) < 4.78 is 11.1. The molecule has 0 heterocycles. The Morgan fingerprint density at radius 3 is 1.38 bits per heavy atom. The number of hydrogen-bond acceptors (Lipinski definition) is 6. The highest BCUT2D eigenvalue weighted by atomic mass is 16.5. The Hall–Kier alpha value is -2.24. The van der Waals surface area contributed by atoms with Crippen molar-refractivity contribution in [2.75, 3.05) is 13.2 Å². The predicted molar refractivity (Wildman–Crippen MR) is 85.4 cm³/mol. The highest BCUT2D eigenvalue weighted by Gasteiger charge is 2.23. The third kappa shape index (κ3) is 4.40. The number of carboxylic acid groups (broad SMARTS) is 2. The van der Waals surface area contributed by atoms with E-state index in [9.17, 15) is 19.8 Å². The van der Waals surface area contributed by atoms with Gasteiger partial charge in [0.25, 0.3) is 0 Å². The molecule has 0 aliphatic carbocycles. The van der Waals surface area contributed by atoms with Gasteiger partial charge in [-0.3, -0.25) is 0 Å². The second kappa shape index (κ2) is 9.15. The maximum Gasteiger partial charge on any atom is 0.132 e. The Labute approximate surface area is 142 Å². The molecule has 0 saturated heterocycles. The number of carbonyl (C=O) groups excluding carboxylic acids is 2. The van der Waals surface area contributed by atoms with Gasteiger partial charge in [0.05, 0.1) is 25.2 Å². The smallest absolute Gasteiger partial charge is 0.132 e. The molecule has 0 aliphatic rings. The molecule has 0 saturated carbocycles. The number of aromatic carboxylic acids is 2. The molecule has 1 aromatic carbocycles. The maximum absolute atomic E-state index is 11.6. The SMILES string of the molecule is CCCCOc1c(C)c(C(=O)[O-])c(OCCCC)c(C)c1C(=O)[O-]. The lowest BCUT2D eigenvalue weighted by Crippen LogP contribution is -2.29. The van der Waals surface area contributed by atoms with Crippen LogP contribution in [0.15, 0.2) is 0 Å². The standard InChI is InChI=1S/C18H26O6/c1-5-7-9-23-15-11(3)14(18(21)22)16(24-10-8-6-2)12(4)13(15)17(19)20/h5-10H2,1-4H3,(H,19,20)(H,21,22)/p-2. The van der Waals surface area contributed by atoms with Crippen LogP contribution in [0.5, 0.6) is 11.5 Å². The van der Waals surface area contributed by atoms with E-state index in [-0.39, 0.29) is 33.8 Å². The van der Waals surface area contributed by atoms with Gasteiger partial charge in [-0.05, 0) is 26.7 Å². The lowest BCUT2D eigenvalue weighted by atomic mass is 9.96. The quantitative estimate of drug-likeness (QED) is 0.599. The van der Waals surface area contributed by atoms with E-state index < -0.39 is 11.9 Å². The first-order chi connectivity index (χ1) is 11.4. The van der Waals surface area contributed by atoms with E-state index in [2.05, 4.69) is 0 Å². The first-order valence-electron chi connectivity index (χ1n) is 8.22. The fourth-order valence-corrected chi connectivity index (χ4v) is 2.43. The van der Waals surface area contributed by atoms with Crippen LogP contribution in [0.2, 0.25) is 0 Å². The van der Waals surface area contributed by atoms with Gasteiger partial charge in [0.2, 0.25) is 0 Å². The van der Waals surface area contributed by atoms with Gasteiger partial charge in [-0.15, -0.1) is 0 Å². The van der Waals surface area contributed by atoms with Gasteiger partial charge in [-0.1, -0.05) is 26.7 Å². The second-order valence-corrected chi connectivity index (χ2v) is 5.64. The average molecular weight is 336 g/mol.